The number of rotatable bonds is 2. The second-order valence-corrected chi connectivity index (χ2v) is 5.19. The van der Waals surface area contributed by atoms with E-state index in [1.54, 1.807) is 16.9 Å². The molecule has 0 spiro atoms. The summed E-state index contributed by atoms with van der Waals surface area (Å²) in [5.74, 6) is -0.593. The maximum atomic E-state index is 12.8. The summed E-state index contributed by atoms with van der Waals surface area (Å²) in [5.41, 5.74) is 1.38. The van der Waals surface area contributed by atoms with Crippen LogP contribution in [-0.2, 0) is 12.8 Å². The Balaban J connectivity index is 1.84. The van der Waals surface area contributed by atoms with Crippen molar-refractivity contribution in [2.24, 2.45) is 5.92 Å². The van der Waals surface area contributed by atoms with E-state index in [1.807, 2.05) is 13.1 Å². The van der Waals surface area contributed by atoms with Crippen molar-refractivity contribution in [1.29, 1.82) is 0 Å². The Morgan fingerprint density at radius 2 is 2.25 bits per heavy atom. The number of aryl methyl sites for hydroxylation is 1. The highest BCUT2D eigenvalue weighted by atomic mass is 19.4. The van der Waals surface area contributed by atoms with Crippen molar-refractivity contribution in [2.75, 3.05) is 0 Å². The first-order valence-corrected chi connectivity index (χ1v) is 6.58. The van der Waals surface area contributed by atoms with Gasteiger partial charge in [0.1, 0.15) is 11.9 Å². The van der Waals surface area contributed by atoms with E-state index in [1.165, 1.54) is 0 Å². The van der Waals surface area contributed by atoms with Crippen molar-refractivity contribution in [1.82, 2.24) is 19.7 Å². The molecule has 2 aromatic heterocycles. The van der Waals surface area contributed by atoms with Crippen LogP contribution >= 0.6 is 0 Å². The summed E-state index contributed by atoms with van der Waals surface area (Å²) >= 11 is 0. The molecule has 7 heteroatoms. The van der Waals surface area contributed by atoms with Crippen LogP contribution in [-0.4, -0.2) is 25.9 Å². The van der Waals surface area contributed by atoms with E-state index in [0.717, 1.165) is 5.69 Å². The summed E-state index contributed by atoms with van der Waals surface area (Å²) < 4.78 is 40.1. The Morgan fingerprint density at radius 3 is 2.90 bits per heavy atom. The Hall–Kier alpha value is -1.79. The zero-order chi connectivity index (χ0) is 14.3. The smallest absolute Gasteiger partial charge is 0.344 e. The molecule has 1 N–H and O–H groups in total. The van der Waals surface area contributed by atoms with Crippen LogP contribution < -0.4 is 0 Å². The molecule has 0 saturated carbocycles. The minimum atomic E-state index is -4.13. The van der Waals surface area contributed by atoms with Crippen LogP contribution in [0.15, 0.2) is 18.5 Å². The van der Waals surface area contributed by atoms with Gasteiger partial charge in [-0.2, -0.15) is 18.3 Å². The molecule has 3 rings (SSSR count). The van der Waals surface area contributed by atoms with E-state index < -0.39 is 12.1 Å². The first kappa shape index (κ1) is 13.2. The highest BCUT2D eigenvalue weighted by Crippen LogP contribution is 2.36. The molecule has 2 heterocycles. The summed E-state index contributed by atoms with van der Waals surface area (Å²) in [4.78, 5) is 7.49. The minimum absolute atomic E-state index is 0.00232. The molecule has 0 bridgehead atoms. The van der Waals surface area contributed by atoms with Crippen molar-refractivity contribution in [2.45, 2.75) is 38.4 Å². The second kappa shape index (κ2) is 4.64. The fraction of sp³-hybridized carbons (Fsp3) is 0.538. The van der Waals surface area contributed by atoms with E-state index in [-0.39, 0.29) is 18.9 Å². The number of hydrogen-bond acceptors (Lipinski definition) is 2. The number of nitrogens with zero attached hydrogens (tertiary/aromatic N) is 3. The number of aromatic nitrogens is 4. The molecule has 0 fully saturated rings. The van der Waals surface area contributed by atoms with Crippen LogP contribution in [0.25, 0.3) is 0 Å². The van der Waals surface area contributed by atoms with Crippen LogP contribution in [0.2, 0.25) is 0 Å². The van der Waals surface area contributed by atoms with Gasteiger partial charge >= 0.3 is 6.18 Å². The zero-order valence-electron chi connectivity index (χ0n) is 11.0. The number of imidazole rings is 1. The Labute approximate surface area is 114 Å². The Morgan fingerprint density at radius 1 is 1.45 bits per heavy atom. The summed E-state index contributed by atoms with van der Waals surface area (Å²) in [6, 6.07) is 1.69. The van der Waals surface area contributed by atoms with Gasteiger partial charge in [0.05, 0.1) is 11.6 Å². The number of alkyl halides is 3. The lowest BCUT2D eigenvalue weighted by molar-refractivity contribution is -0.177. The molecular weight excluding hydrogens is 269 g/mol. The van der Waals surface area contributed by atoms with Gasteiger partial charge in [0, 0.05) is 24.5 Å². The molecule has 2 atom stereocenters. The van der Waals surface area contributed by atoms with E-state index in [9.17, 15) is 13.2 Å². The molecule has 0 radical (unpaired) electrons. The maximum absolute atomic E-state index is 12.8. The average molecular weight is 284 g/mol. The molecule has 20 heavy (non-hydrogen) atoms. The third-order valence-corrected chi connectivity index (χ3v) is 3.84. The zero-order valence-corrected chi connectivity index (χ0v) is 11.0. The number of halogens is 3. The fourth-order valence-electron chi connectivity index (χ4n) is 2.61. The predicted molar refractivity (Wildman–Crippen MR) is 66.2 cm³/mol. The minimum Gasteiger partial charge on any atom is -0.344 e. The van der Waals surface area contributed by atoms with Crippen molar-refractivity contribution in [3.05, 3.63) is 35.7 Å². The molecular formula is C13H15F3N4. The topological polar surface area (TPSA) is 46.5 Å². The molecule has 2 unspecified atom stereocenters. The molecule has 4 nitrogen and oxygen atoms in total. The SMILES string of the molecule is CC(c1nc2c([nH]1)CC(C(F)(F)F)CC2)n1cccn1. The number of aromatic amines is 1. The van der Waals surface area contributed by atoms with Crippen LogP contribution in [0.3, 0.4) is 0 Å². The molecule has 0 saturated heterocycles. The maximum Gasteiger partial charge on any atom is 0.392 e. The number of nitrogens with one attached hydrogen (secondary N) is 1. The highest BCUT2D eigenvalue weighted by molar-refractivity contribution is 5.20. The Bertz CT molecular complexity index is 585. The summed E-state index contributed by atoms with van der Waals surface area (Å²) in [7, 11) is 0. The van der Waals surface area contributed by atoms with Gasteiger partial charge in [0.2, 0.25) is 0 Å². The normalized spacial score (nSPS) is 20.7. The number of fused-ring (bicyclic) bond motifs is 1. The lowest BCUT2D eigenvalue weighted by Crippen LogP contribution is -2.28. The highest BCUT2D eigenvalue weighted by Gasteiger charge is 2.42. The van der Waals surface area contributed by atoms with E-state index >= 15 is 0 Å². The first-order valence-electron chi connectivity index (χ1n) is 6.58. The standard InChI is InChI=1S/C13H15F3N4/c1-8(20-6-2-5-17-20)12-18-10-4-3-9(13(14,15)16)7-11(10)19-12/h2,5-6,8-9H,3-4,7H2,1H3,(H,18,19). The van der Waals surface area contributed by atoms with Crippen LogP contribution in [0.4, 0.5) is 13.2 Å². The monoisotopic (exact) mass is 284 g/mol. The van der Waals surface area contributed by atoms with Crippen molar-refractivity contribution in [3.63, 3.8) is 0 Å². The van der Waals surface area contributed by atoms with Gasteiger partial charge in [-0.25, -0.2) is 4.98 Å². The largest absolute Gasteiger partial charge is 0.392 e. The molecule has 2 aromatic rings. The van der Waals surface area contributed by atoms with Crippen molar-refractivity contribution < 1.29 is 13.2 Å². The van der Waals surface area contributed by atoms with E-state index in [2.05, 4.69) is 15.1 Å². The third kappa shape index (κ3) is 2.32. The Kier molecular flexibility index (Phi) is 3.07. The second-order valence-electron chi connectivity index (χ2n) is 5.19. The van der Waals surface area contributed by atoms with Gasteiger partial charge in [-0.1, -0.05) is 0 Å². The summed E-state index contributed by atoms with van der Waals surface area (Å²) in [6.07, 6.45) is -0.156. The van der Waals surface area contributed by atoms with Gasteiger partial charge < -0.3 is 4.98 Å². The number of H-pyrrole nitrogens is 1. The van der Waals surface area contributed by atoms with Crippen LogP contribution in [0, 0.1) is 5.92 Å². The quantitative estimate of drug-likeness (QED) is 0.921. The molecule has 1 aliphatic carbocycles. The van der Waals surface area contributed by atoms with Gasteiger partial charge in [-0.3, -0.25) is 4.68 Å². The molecule has 0 aromatic carbocycles. The summed E-state index contributed by atoms with van der Waals surface area (Å²) in [5, 5.41) is 4.13. The predicted octanol–water partition coefficient (Wildman–Crippen LogP) is 2.88. The lowest BCUT2D eigenvalue weighted by Gasteiger charge is -2.23. The first-order chi connectivity index (χ1) is 9.45. The molecule has 1 aliphatic rings. The van der Waals surface area contributed by atoms with Crippen molar-refractivity contribution >= 4 is 0 Å². The van der Waals surface area contributed by atoms with Gasteiger partial charge in [-0.05, 0) is 25.8 Å². The summed E-state index contributed by atoms with van der Waals surface area (Å²) in [6.45, 7) is 1.92. The molecule has 0 amide bonds. The third-order valence-electron chi connectivity index (χ3n) is 3.84. The van der Waals surface area contributed by atoms with Crippen molar-refractivity contribution in [3.8, 4) is 0 Å². The van der Waals surface area contributed by atoms with E-state index in [4.69, 9.17) is 0 Å². The molecule has 0 aliphatic heterocycles. The average Bonchev–Trinajstić information content (AvgIpc) is 3.05. The van der Waals surface area contributed by atoms with Gasteiger partial charge in [0.25, 0.3) is 0 Å². The number of hydrogen-bond donors (Lipinski definition) is 1. The molecule has 108 valence electrons. The van der Waals surface area contributed by atoms with Crippen LogP contribution in [0.1, 0.15) is 36.6 Å². The van der Waals surface area contributed by atoms with E-state index in [0.29, 0.717) is 17.9 Å². The fourth-order valence-corrected chi connectivity index (χ4v) is 2.61. The van der Waals surface area contributed by atoms with Gasteiger partial charge in [0.15, 0.2) is 0 Å². The van der Waals surface area contributed by atoms with Crippen LogP contribution in [0.5, 0.6) is 0 Å². The van der Waals surface area contributed by atoms with Gasteiger partial charge in [-0.15, -0.1) is 0 Å². The lowest BCUT2D eigenvalue weighted by atomic mass is 9.89.